The van der Waals surface area contributed by atoms with Crippen LogP contribution in [0.3, 0.4) is 0 Å². The van der Waals surface area contributed by atoms with E-state index in [0.29, 0.717) is 36.0 Å². The Labute approximate surface area is 171 Å². The topological polar surface area (TPSA) is 66.0 Å². The standard InChI is InChI=1S/C23H27NO5/c25-23(21-10-1-2-11-22(21)29-16-20-9-5-13-27-20)24-17-6-3-7-18(14-17)28-15-19-8-4-12-26-19/h1-3,6-7,10-11,14,19-20H,4-5,8-9,12-13,15-16H2,(H,24,25). The van der Waals surface area contributed by atoms with E-state index in [9.17, 15) is 4.79 Å². The van der Waals surface area contributed by atoms with E-state index in [1.54, 1.807) is 6.07 Å². The molecular weight excluding hydrogens is 370 g/mol. The highest BCUT2D eigenvalue weighted by atomic mass is 16.5. The van der Waals surface area contributed by atoms with Gasteiger partial charge in [-0.25, -0.2) is 0 Å². The predicted octanol–water partition coefficient (Wildman–Crippen LogP) is 4.05. The molecule has 2 aliphatic heterocycles. The molecule has 6 heteroatoms. The normalized spacial score (nSPS) is 21.1. The van der Waals surface area contributed by atoms with E-state index >= 15 is 0 Å². The first-order chi connectivity index (χ1) is 14.3. The molecule has 4 rings (SSSR count). The van der Waals surface area contributed by atoms with Crippen LogP contribution in [0.25, 0.3) is 0 Å². The highest BCUT2D eigenvalue weighted by Gasteiger charge is 2.19. The number of rotatable bonds is 8. The van der Waals surface area contributed by atoms with Gasteiger partial charge in [-0.2, -0.15) is 0 Å². The van der Waals surface area contributed by atoms with E-state index < -0.39 is 0 Å². The Morgan fingerprint density at radius 1 is 0.931 bits per heavy atom. The number of carbonyl (C=O) groups is 1. The van der Waals surface area contributed by atoms with Gasteiger partial charge in [0, 0.05) is 25.0 Å². The fourth-order valence-electron chi connectivity index (χ4n) is 3.57. The Hall–Kier alpha value is -2.57. The monoisotopic (exact) mass is 397 g/mol. The summed E-state index contributed by atoms with van der Waals surface area (Å²) < 4.78 is 22.9. The molecular formula is C23H27NO5. The minimum Gasteiger partial charge on any atom is -0.491 e. The van der Waals surface area contributed by atoms with E-state index in [-0.39, 0.29) is 18.1 Å². The third-order valence-corrected chi connectivity index (χ3v) is 5.13. The molecule has 2 aromatic carbocycles. The molecule has 0 aromatic heterocycles. The summed E-state index contributed by atoms with van der Waals surface area (Å²) in [5.41, 5.74) is 1.17. The van der Waals surface area contributed by atoms with E-state index in [0.717, 1.165) is 38.9 Å². The Balaban J connectivity index is 1.36. The maximum absolute atomic E-state index is 12.8. The Bertz CT molecular complexity index is 812. The van der Waals surface area contributed by atoms with Crippen LogP contribution in [0, 0.1) is 0 Å². The molecule has 2 aliphatic rings. The summed E-state index contributed by atoms with van der Waals surface area (Å²) in [6, 6.07) is 14.7. The summed E-state index contributed by atoms with van der Waals surface area (Å²) in [6.07, 6.45) is 4.41. The van der Waals surface area contributed by atoms with Gasteiger partial charge in [0.1, 0.15) is 24.7 Å². The fourth-order valence-corrected chi connectivity index (χ4v) is 3.57. The van der Waals surface area contributed by atoms with Crippen LogP contribution in [0.15, 0.2) is 48.5 Å². The molecule has 1 N–H and O–H groups in total. The molecule has 2 atom stereocenters. The largest absolute Gasteiger partial charge is 0.491 e. The van der Waals surface area contributed by atoms with Crippen molar-refractivity contribution in [2.75, 3.05) is 31.7 Å². The lowest BCUT2D eigenvalue weighted by atomic mass is 10.1. The summed E-state index contributed by atoms with van der Waals surface area (Å²) in [5, 5.41) is 2.93. The second kappa shape index (κ2) is 9.76. The van der Waals surface area contributed by atoms with Crippen LogP contribution in [0.1, 0.15) is 36.0 Å². The molecule has 0 spiro atoms. The Morgan fingerprint density at radius 3 is 2.38 bits per heavy atom. The molecule has 1 amide bonds. The highest BCUT2D eigenvalue weighted by molar-refractivity contribution is 6.06. The molecule has 0 aliphatic carbocycles. The molecule has 0 bridgehead atoms. The number of hydrogen-bond acceptors (Lipinski definition) is 5. The smallest absolute Gasteiger partial charge is 0.259 e. The van der Waals surface area contributed by atoms with Gasteiger partial charge in [0.2, 0.25) is 0 Å². The van der Waals surface area contributed by atoms with Gasteiger partial charge in [-0.1, -0.05) is 18.2 Å². The average Bonchev–Trinajstić information content (AvgIpc) is 3.45. The third-order valence-electron chi connectivity index (χ3n) is 5.13. The van der Waals surface area contributed by atoms with Gasteiger partial charge >= 0.3 is 0 Å². The van der Waals surface area contributed by atoms with Gasteiger partial charge in [0.25, 0.3) is 5.91 Å². The lowest BCUT2D eigenvalue weighted by Gasteiger charge is -2.15. The number of amides is 1. The van der Waals surface area contributed by atoms with E-state index in [2.05, 4.69) is 5.32 Å². The summed E-state index contributed by atoms with van der Waals surface area (Å²) in [5.74, 6) is 1.05. The highest BCUT2D eigenvalue weighted by Crippen LogP contribution is 2.24. The second-order valence-electron chi connectivity index (χ2n) is 7.37. The van der Waals surface area contributed by atoms with Crippen molar-refractivity contribution in [2.45, 2.75) is 37.9 Å². The first kappa shape index (κ1) is 19.7. The number of nitrogens with one attached hydrogen (secondary N) is 1. The van der Waals surface area contributed by atoms with Crippen molar-refractivity contribution in [3.8, 4) is 11.5 Å². The van der Waals surface area contributed by atoms with Crippen LogP contribution >= 0.6 is 0 Å². The number of anilines is 1. The number of carbonyl (C=O) groups excluding carboxylic acids is 1. The zero-order valence-electron chi connectivity index (χ0n) is 16.5. The summed E-state index contributed by atoms with van der Waals surface area (Å²) >= 11 is 0. The average molecular weight is 397 g/mol. The predicted molar refractivity (Wildman–Crippen MR) is 110 cm³/mol. The van der Waals surface area contributed by atoms with Crippen molar-refractivity contribution in [1.29, 1.82) is 0 Å². The summed E-state index contributed by atoms with van der Waals surface area (Å²) in [7, 11) is 0. The van der Waals surface area contributed by atoms with Crippen molar-refractivity contribution >= 4 is 11.6 Å². The first-order valence-electron chi connectivity index (χ1n) is 10.3. The number of ether oxygens (including phenoxy) is 4. The summed E-state index contributed by atoms with van der Waals surface area (Å²) in [6.45, 7) is 2.56. The maximum atomic E-state index is 12.8. The molecule has 2 saturated heterocycles. The fraction of sp³-hybridized carbons (Fsp3) is 0.435. The van der Waals surface area contributed by atoms with Crippen LogP contribution in [0.2, 0.25) is 0 Å². The molecule has 2 unspecified atom stereocenters. The minimum absolute atomic E-state index is 0.101. The molecule has 2 heterocycles. The Kier molecular flexibility index (Phi) is 6.64. The van der Waals surface area contributed by atoms with Gasteiger partial charge in [-0.3, -0.25) is 4.79 Å². The van der Waals surface area contributed by atoms with Gasteiger partial charge in [0.15, 0.2) is 0 Å². The lowest BCUT2D eigenvalue weighted by Crippen LogP contribution is -2.19. The molecule has 154 valence electrons. The van der Waals surface area contributed by atoms with E-state index in [1.165, 1.54) is 0 Å². The summed E-state index contributed by atoms with van der Waals surface area (Å²) in [4.78, 5) is 12.8. The number of benzene rings is 2. The zero-order chi connectivity index (χ0) is 19.9. The SMILES string of the molecule is O=C(Nc1cccc(OCC2CCCO2)c1)c1ccccc1OCC1CCCO1. The maximum Gasteiger partial charge on any atom is 0.259 e. The lowest BCUT2D eigenvalue weighted by molar-refractivity contribution is 0.0673. The van der Waals surface area contributed by atoms with Gasteiger partial charge in [-0.15, -0.1) is 0 Å². The van der Waals surface area contributed by atoms with E-state index in [1.807, 2.05) is 42.5 Å². The van der Waals surface area contributed by atoms with Crippen molar-refractivity contribution in [3.63, 3.8) is 0 Å². The van der Waals surface area contributed by atoms with Gasteiger partial charge in [-0.05, 0) is 49.9 Å². The van der Waals surface area contributed by atoms with Crippen molar-refractivity contribution < 1.29 is 23.7 Å². The molecule has 2 fully saturated rings. The third kappa shape index (κ3) is 5.49. The molecule has 0 saturated carbocycles. The van der Waals surface area contributed by atoms with Crippen LogP contribution in [-0.2, 0) is 9.47 Å². The molecule has 0 radical (unpaired) electrons. The molecule has 2 aromatic rings. The number of para-hydroxylation sites is 1. The second-order valence-corrected chi connectivity index (χ2v) is 7.37. The van der Waals surface area contributed by atoms with Crippen LogP contribution in [0.5, 0.6) is 11.5 Å². The quantitative estimate of drug-likeness (QED) is 0.728. The number of hydrogen-bond donors (Lipinski definition) is 1. The zero-order valence-corrected chi connectivity index (χ0v) is 16.5. The van der Waals surface area contributed by atoms with Crippen molar-refractivity contribution in [3.05, 3.63) is 54.1 Å². The molecule has 6 nitrogen and oxygen atoms in total. The van der Waals surface area contributed by atoms with Gasteiger partial charge < -0.3 is 24.3 Å². The van der Waals surface area contributed by atoms with Crippen LogP contribution in [0.4, 0.5) is 5.69 Å². The van der Waals surface area contributed by atoms with Gasteiger partial charge in [0.05, 0.1) is 17.8 Å². The van der Waals surface area contributed by atoms with Crippen molar-refractivity contribution in [1.82, 2.24) is 0 Å². The Morgan fingerprint density at radius 2 is 1.66 bits per heavy atom. The van der Waals surface area contributed by atoms with Crippen LogP contribution in [-0.4, -0.2) is 44.5 Å². The first-order valence-corrected chi connectivity index (χ1v) is 10.3. The van der Waals surface area contributed by atoms with E-state index in [4.69, 9.17) is 18.9 Å². The molecule has 29 heavy (non-hydrogen) atoms. The van der Waals surface area contributed by atoms with Crippen molar-refractivity contribution in [2.24, 2.45) is 0 Å². The van der Waals surface area contributed by atoms with Crippen LogP contribution < -0.4 is 14.8 Å². The minimum atomic E-state index is -0.218.